The topological polar surface area (TPSA) is 21.3 Å². The minimum absolute atomic E-state index is 0.188. The van der Waals surface area contributed by atoms with Crippen molar-refractivity contribution in [1.29, 1.82) is 0 Å². The molecule has 126 valence electrons. The molecule has 0 aliphatic heterocycles. The molecule has 0 unspecified atom stereocenters. The summed E-state index contributed by atoms with van der Waals surface area (Å²) in [5, 5.41) is 3.40. The second-order valence-electron chi connectivity index (χ2n) is 5.78. The van der Waals surface area contributed by atoms with Crippen molar-refractivity contribution in [1.82, 2.24) is 0 Å². The van der Waals surface area contributed by atoms with Gasteiger partial charge < -0.3 is 10.1 Å². The van der Waals surface area contributed by atoms with Crippen LogP contribution in [0.1, 0.15) is 16.7 Å². The summed E-state index contributed by atoms with van der Waals surface area (Å²) >= 11 is 0. The Morgan fingerprint density at radius 3 is 2.40 bits per heavy atom. The zero-order valence-corrected chi connectivity index (χ0v) is 14.3. The minimum atomic E-state index is -0.188. The van der Waals surface area contributed by atoms with Crippen LogP contribution in [0.5, 0.6) is 5.75 Å². The first-order chi connectivity index (χ1) is 12.2. The lowest BCUT2D eigenvalue weighted by Crippen LogP contribution is -1.93. The Bertz CT molecular complexity index is 885. The van der Waals surface area contributed by atoms with E-state index >= 15 is 0 Å². The second kappa shape index (κ2) is 7.67. The van der Waals surface area contributed by atoms with E-state index in [0.717, 1.165) is 28.3 Å². The van der Waals surface area contributed by atoms with Gasteiger partial charge in [0.15, 0.2) is 0 Å². The number of methoxy groups -OCH3 is 1. The van der Waals surface area contributed by atoms with Gasteiger partial charge in [-0.25, -0.2) is 4.39 Å². The third kappa shape index (κ3) is 4.27. The number of para-hydroxylation sites is 1. The van der Waals surface area contributed by atoms with Gasteiger partial charge in [-0.15, -0.1) is 0 Å². The van der Waals surface area contributed by atoms with Gasteiger partial charge in [-0.05, 0) is 60.0 Å². The number of halogens is 1. The average molecular weight is 333 g/mol. The van der Waals surface area contributed by atoms with Gasteiger partial charge in [-0.1, -0.05) is 42.5 Å². The average Bonchev–Trinajstić information content (AvgIpc) is 2.64. The molecule has 3 aromatic rings. The van der Waals surface area contributed by atoms with Gasteiger partial charge in [0.2, 0.25) is 0 Å². The van der Waals surface area contributed by atoms with E-state index in [-0.39, 0.29) is 5.82 Å². The van der Waals surface area contributed by atoms with E-state index in [0.29, 0.717) is 5.56 Å². The molecule has 0 aliphatic carbocycles. The van der Waals surface area contributed by atoms with Gasteiger partial charge in [-0.2, -0.15) is 0 Å². The van der Waals surface area contributed by atoms with E-state index in [1.54, 1.807) is 26.2 Å². The summed E-state index contributed by atoms with van der Waals surface area (Å²) in [6.45, 7) is 1.76. The van der Waals surface area contributed by atoms with E-state index in [1.807, 2.05) is 66.7 Å². The highest BCUT2D eigenvalue weighted by atomic mass is 19.1. The maximum atomic E-state index is 13.7. The molecule has 0 bridgehead atoms. The lowest BCUT2D eigenvalue weighted by atomic mass is 10.1. The van der Waals surface area contributed by atoms with Gasteiger partial charge >= 0.3 is 0 Å². The van der Waals surface area contributed by atoms with Crippen LogP contribution in [0.3, 0.4) is 0 Å². The molecule has 2 nitrogen and oxygen atoms in total. The normalized spacial score (nSPS) is 10.8. The van der Waals surface area contributed by atoms with Crippen LogP contribution in [0, 0.1) is 12.7 Å². The van der Waals surface area contributed by atoms with E-state index in [1.165, 1.54) is 0 Å². The Hall–Kier alpha value is -3.07. The summed E-state index contributed by atoms with van der Waals surface area (Å²) in [4.78, 5) is 0. The largest absolute Gasteiger partial charge is 0.497 e. The molecule has 0 atom stereocenters. The molecule has 3 rings (SSSR count). The Morgan fingerprint density at radius 1 is 0.920 bits per heavy atom. The third-order valence-corrected chi connectivity index (χ3v) is 3.98. The number of aryl methyl sites for hydroxylation is 1. The van der Waals surface area contributed by atoms with E-state index in [2.05, 4.69) is 5.32 Å². The number of rotatable bonds is 5. The Morgan fingerprint density at radius 2 is 1.68 bits per heavy atom. The fourth-order valence-corrected chi connectivity index (χ4v) is 2.48. The van der Waals surface area contributed by atoms with E-state index in [9.17, 15) is 4.39 Å². The molecule has 0 saturated heterocycles. The molecule has 0 amide bonds. The highest BCUT2D eigenvalue weighted by molar-refractivity contribution is 5.79. The molecular weight excluding hydrogens is 313 g/mol. The molecule has 0 aromatic heterocycles. The SMILES string of the molecule is COc1ccc(Nc2ccccc2/C=C/c2ccc(C)c(F)c2)cc1. The molecule has 0 aliphatic rings. The monoisotopic (exact) mass is 333 g/mol. The van der Waals surface area contributed by atoms with E-state index in [4.69, 9.17) is 4.74 Å². The van der Waals surface area contributed by atoms with E-state index < -0.39 is 0 Å². The van der Waals surface area contributed by atoms with Crippen molar-refractivity contribution in [2.75, 3.05) is 12.4 Å². The lowest BCUT2D eigenvalue weighted by Gasteiger charge is -2.10. The highest BCUT2D eigenvalue weighted by Crippen LogP contribution is 2.24. The molecule has 0 heterocycles. The first-order valence-corrected chi connectivity index (χ1v) is 8.10. The summed E-state index contributed by atoms with van der Waals surface area (Å²) in [5.74, 6) is 0.631. The highest BCUT2D eigenvalue weighted by Gasteiger charge is 2.01. The fourth-order valence-electron chi connectivity index (χ4n) is 2.48. The van der Waals surface area contributed by atoms with Crippen LogP contribution in [-0.4, -0.2) is 7.11 Å². The van der Waals surface area contributed by atoms with Gasteiger partial charge in [0, 0.05) is 11.4 Å². The summed E-state index contributed by atoms with van der Waals surface area (Å²) in [7, 11) is 1.65. The summed E-state index contributed by atoms with van der Waals surface area (Å²) in [5.41, 5.74) is 4.47. The molecular formula is C22H20FNO. The number of ether oxygens (including phenoxy) is 1. The molecule has 0 radical (unpaired) electrons. The fraction of sp³-hybridized carbons (Fsp3) is 0.0909. The van der Waals surface area contributed by atoms with Crippen molar-refractivity contribution in [2.24, 2.45) is 0 Å². The first kappa shape index (κ1) is 16.8. The van der Waals surface area contributed by atoms with Gasteiger partial charge in [0.25, 0.3) is 0 Å². The number of anilines is 2. The molecule has 0 spiro atoms. The predicted octanol–water partition coefficient (Wildman–Crippen LogP) is 6.06. The summed E-state index contributed by atoms with van der Waals surface area (Å²) in [6, 6.07) is 21.0. The van der Waals surface area contributed by atoms with Crippen molar-refractivity contribution in [2.45, 2.75) is 6.92 Å². The zero-order valence-electron chi connectivity index (χ0n) is 14.3. The maximum Gasteiger partial charge on any atom is 0.126 e. The number of hydrogen-bond acceptors (Lipinski definition) is 2. The molecule has 3 aromatic carbocycles. The Balaban J connectivity index is 1.82. The van der Waals surface area contributed by atoms with Crippen LogP contribution >= 0.6 is 0 Å². The van der Waals surface area contributed by atoms with Crippen molar-refractivity contribution < 1.29 is 9.13 Å². The molecule has 0 saturated carbocycles. The molecule has 0 fully saturated rings. The quantitative estimate of drug-likeness (QED) is 0.573. The minimum Gasteiger partial charge on any atom is -0.497 e. The van der Waals surface area contributed by atoms with Crippen LogP contribution in [0.15, 0.2) is 66.7 Å². The zero-order chi connectivity index (χ0) is 17.6. The Kier molecular flexibility index (Phi) is 5.14. The van der Waals surface area contributed by atoms with Crippen molar-refractivity contribution in [3.8, 4) is 5.75 Å². The smallest absolute Gasteiger partial charge is 0.126 e. The van der Waals surface area contributed by atoms with Crippen LogP contribution in [0.25, 0.3) is 12.2 Å². The Labute approximate surface area is 147 Å². The number of benzene rings is 3. The van der Waals surface area contributed by atoms with Crippen molar-refractivity contribution >= 4 is 23.5 Å². The van der Waals surface area contributed by atoms with Crippen LogP contribution in [0.2, 0.25) is 0 Å². The molecule has 3 heteroatoms. The molecule has 25 heavy (non-hydrogen) atoms. The standard InChI is InChI=1S/C22H20FNO/c1-16-7-8-17(15-21(16)23)9-10-18-5-3-4-6-22(18)24-19-11-13-20(25-2)14-12-19/h3-15,24H,1-2H3/b10-9+. The van der Waals surface area contributed by atoms with Crippen molar-refractivity contribution in [3.63, 3.8) is 0 Å². The third-order valence-electron chi connectivity index (χ3n) is 3.98. The maximum absolute atomic E-state index is 13.7. The predicted molar refractivity (Wildman–Crippen MR) is 103 cm³/mol. The van der Waals surface area contributed by atoms with Gasteiger partial charge in [0.05, 0.1) is 7.11 Å². The number of nitrogens with one attached hydrogen (secondary N) is 1. The molecule has 1 N–H and O–H groups in total. The van der Waals surface area contributed by atoms with Gasteiger partial charge in [0.1, 0.15) is 11.6 Å². The van der Waals surface area contributed by atoms with Crippen LogP contribution < -0.4 is 10.1 Å². The van der Waals surface area contributed by atoms with Gasteiger partial charge in [-0.3, -0.25) is 0 Å². The summed E-state index contributed by atoms with van der Waals surface area (Å²) in [6.07, 6.45) is 3.90. The number of hydrogen-bond donors (Lipinski definition) is 1. The summed E-state index contributed by atoms with van der Waals surface area (Å²) < 4.78 is 18.9. The second-order valence-corrected chi connectivity index (χ2v) is 5.78. The van der Waals surface area contributed by atoms with Crippen LogP contribution in [0.4, 0.5) is 15.8 Å². The van der Waals surface area contributed by atoms with Crippen LogP contribution in [-0.2, 0) is 0 Å². The van der Waals surface area contributed by atoms with Crippen molar-refractivity contribution in [3.05, 3.63) is 89.2 Å². The first-order valence-electron chi connectivity index (χ1n) is 8.10. The lowest BCUT2D eigenvalue weighted by molar-refractivity contribution is 0.415.